The van der Waals surface area contributed by atoms with Gasteiger partial charge in [0.1, 0.15) is 40.4 Å². The number of hydrogen-bond donors (Lipinski definition) is 0. The van der Waals surface area contributed by atoms with Crippen LogP contribution in [0.1, 0.15) is 53.1 Å². The van der Waals surface area contributed by atoms with Crippen molar-refractivity contribution in [3.63, 3.8) is 0 Å². The number of carbonyl (C=O) groups excluding carboxylic acids is 2. The van der Waals surface area contributed by atoms with Crippen molar-refractivity contribution < 1.29 is 27.8 Å². The molecule has 0 bridgehead atoms. The normalized spacial score (nSPS) is 18.0. The van der Waals surface area contributed by atoms with E-state index in [0.29, 0.717) is 17.1 Å². The van der Waals surface area contributed by atoms with Crippen LogP contribution in [0.25, 0.3) is 28.1 Å². The van der Waals surface area contributed by atoms with Crippen LogP contribution in [-0.2, 0) is 9.53 Å². The van der Waals surface area contributed by atoms with Gasteiger partial charge in [-0.3, -0.25) is 9.59 Å². The topological polar surface area (TPSA) is 115 Å². The number of aromatic nitrogens is 4. The van der Waals surface area contributed by atoms with E-state index in [2.05, 4.69) is 10.1 Å². The summed E-state index contributed by atoms with van der Waals surface area (Å²) < 4.78 is 45.7. The number of likely N-dealkylation sites (N-methyl/N-ethyl adjacent to an activating group) is 1. The summed E-state index contributed by atoms with van der Waals surface area (Å²) in [5.74, 6) is -1.59. The van der Waals surface area contributed by atoms with Crippen molar-refractivity contribution in [1.82, 2.24) is 24.2 Å². The molecule has 2 aliphatic heterocycles. The van der Waals surface area contributed by atoms with E-state index in [1.54, 1.807) is 43.5 Å². The fraction of sp³-hybridized carbons (Fsp3) is 0.441. The zero-order chi connectivity index (χ0) is 35.0. The monoisotopic (exact) mass is 663 g/mol. The first-order valence-corrected chi connectivity index (χ1v) is 15.8. The third kappa shape index (κ3) is 5.13. The van der Waals surface area contributed by atoms with Gasteiger partial charge in [-0.05, 0) is 66.7 Å². The van der Waals surface area contributed by atoms with Gasteiger partial charge in [-0.25, -0.2) is 27.8 Å². The average Bonchev–Trinajstić information content (AvgIpc) is 3.39. The number of hydrogen-bond acceptors (Lipinski definition) is 8. The predicted molar refractivity (Wildman–Crippen MR) is 177 cm³/mol. The second kappa shape index (κ2) is 11.6. The number of aryl methyl sites for hydroxylation is 1. The number of fused-ring (bicyclic) bond motifs is 5. The first-order chi connectivity index (χ1) is 22.5. The summed E-state index contributed by atoms with van der Waals surface area (Å²) in [7, 11) is 2.83. The molecule has 1 fully saturated rings. The third-order valence-corrected chi connectivity index (χ3v) is 8.74. The van der Waals surface area contributed by atoms with Crippen molar-refractivity contribution >= 4 is 34.4 Å². The summed E-state index contributed by atoms with van der Waals surface area (Å²) in [5.41, 5.74) is -0.910. The van der Waals surface area contributed by atoms with E-state index in [-0.39, 0.29) is 52.9 Å². The van der Waals surface area contributed by atoms with Crippen LogP contribution in [0.2, 0.25) is 0 Å². The van der Waals surface area contributed by atoms with Crippen molar-refractivity contribution in [2.45, 2.75) is 72.2 Å². The molecule has 0 saturated carbocycles. The van der Waals surface area contributed by atoms with Gasteiger partial charge in [0.05, 0.1) is 31.1 Å². The van der Waals surface area contributed by atoms with E-state index in [1.165, 1.54) is 52.8 Å². The van der Waals surface area contributed by atoms with E-state index in [4.69, 9.17) is 9.47 Å². The lowest BCUT2D eigenvalue weighted by Crippen LogP contribution is -2.66. The summed E-state index contributed by atoms with van der Waals surface area (Å²) in [6.07, 6.45) is 1.05. The van der Waals surface area contributed by atoms with Crippen LogP contribution in [0.3, 0.4) is 0 Å². The van der Waals surface area contributed by atoms with Gasteiger partial charge in [-0.15, -0.1) is 0 Å². The van der Waals surface area contributed by atoms with Crippen LogP contribution in [0.4, 0.5) is 25.0 Å². The number of ether oxygens (including phenoxy) is 2. The van der Waals surface area contributed by atoms with Crippen LogP contribution in [0.5, 0.6) is 5.75 Å². The lowest BCUT2D eigenvalue weighted by atomic mass is 9.98. The number of carbonyl (C=O) groups is 2. The molecule has 0 unspecified atom stereocenters. The van der Waals surface area contributed by atoms with Crippen LogP contribution >= 0.6 is 0 Å². The highest BCUT2D eigenvalue weighted by Crippen LogP contribution is 2.43. The Labute approximate surface area is 276 Å². The maximum absolute atomic E-state index is 16.4. The number of benzene rings is 1. The van der Waals surface area contributed by atoms with Crippen molar-refractivity contribution in [2.24, 2.45) is 0 Å². The second-order valence-electron chi connectivity index (χ2n) is 13.6. The van der Waals surface area contributed by atoms with Gasteiger partial charge in [0.2, 0.25) is 0 Å². The minimum absolute atomic E-state index is 0.0231. The molecular formula is C34H39F2N7O5. The van der Waals surface area contributed by atoms with E-state index >= 15 is 8.78 Å². The molecule has 48 heavy (non-hydrogen) atoms. The van der Waals surface area contributed by atoms with Crippen LogP contribution in [-0.4, -0.2) is 81.2 Å². The summed E-state index contributed by atoms with van der Waals surface area (Å²) in [5, 5.41) is 4.71. The van der Waals surface area contributed by atoms with Crippen molar-refractivity contribution in [3.05, 3.63) is 58.0 Å². The highest BCUT2D eigenvalue weighted by atomic mass is 19.1. The lowest BCUT2D eigenvalue weighted by molar-refractivity contribution is -0.121. The van der Waals surface area contributed by atoms with Gasteiger partial charge >= 0.3 is 6.09 Å². The number of pyridine rings is 2. The van der Waals surface area contributed by atoms with E-state index in [1.807, 2.05) is 20.8 Å². The molecule has 1 aromatic carbocycles. The second-order valence-corrected chi connectivity index (χ2v) is 13.6. The highest BCUT2D eigenvalue weighted by Gasteiger charge is 2.47. The minimum atomic E-state index is -0.901. The van der Waals surface area contributed by atoms with Gasteiger partial charge in [-0.2, -0.15) is 5.10 Å². The van der Waals surface area contributed by atoms with Gasteiger partial charge in [0.25, 0.3) is 11.5 Å². The Morgan fingerprint density at radius 1 is 1.08 bits per heavy atom. The summed E-state index contributed by atoms with van der Waals surface area (Å²) in [4.78, 5) is 51.2. The molecule has 14 heteroatoms. The van der Waals surface area contributed by atoms with Gasteiger partial charge in [0.15, 0.2) is 11.5 Å². The number of amides is 2. The van der Waals surface area contributed by atoms with Crippen LogP contribution < -0.4 is 20.1 Å². The zero-order valence-corrected chi connectivity index (χ0v) is 28.5. The minimum Gasteiger partial charge on any atom is -0.496 e. The Morgan fingerprint density at radius 3 is 2.44 bits per heavy atom. The molecule has 1 saturated heterocycles. The molecule has 12 nitrogen and oxygen atoms in total. The maximum atomic E-state index is 16.4. The fourth-order valence-corrected chi connectivity index (χ4v) is 6.57. The number of rotatable bonds is 4. The Kier molecular flexibility index (Phi) is 7.95. The number of halogens is 2. The Bertz CT molecular complexity index is 2030. The number of anilines is 2. The number of nitrogens with zero attached hydrogens (tertiary/aromatic N) is 7. The van der Waals surface area contributed by atoms with Crippen molar-refractivity contribution in [1.29, 1.82) is 0 Å². The van der Waals surface area contributed by atoms with Crippen molar-refractivity contribution in [2.75, 3.05) is 37.0 Å². The first kappa shape index (κ1) is 32.9. The average molecular weight is 664 g/mol. The van der Waals surface area contributed by atoms with Crippen LogP contribution in [0, 0.1) is 18.6 Å². The molecule has 4 aromatic rings. The number of piperazine rings is 1. The molecule has 3 aromatic heterocycles. The van der Waals surface area contributed by atoms with E-state index in [0.717, 1.165) is 0 Å². The largest absolute Gasteiger partial charge is 0.496 e. The summed E-state index contributed by atoms with van der Waals surface area (Å²) in [6, 6.07) is 3.80. The first-order valence-electron chi connectivity index (χ1n) is 15.8. The molecule has 2 aliphatic rings. The Morgan fingerprint density at radius 2 is 1.79 bits per heavy atom. The van der Waals surface area contributed by atoms with Crippen molar-refractivity contribution in [3.8, 4) is 22.8 Å². The van der Waals surface area contributed by atoms with Gasteiger partial charge < -0.3 is 24.2 Å². The fourth-order valence-electron chi connectivity index (χ4n) is 6.57. The molecular weight excluding hydrogens is 624 g/mol. The summed E-state index contributed by atoms with van der Waals surface area (Å²) in [6.45, 7) is 12.8. The maximum Gasteiger partial charge on any atom is 0.410 e. The predicted octanol–water partition coefficient (Wildman–Crippen LogP) is 5.22. The van der Waals surface area contributed by atoms with E-state index < -0.39 is 46.9 Å². The molecule has 0 aliphatic carbocycles. The highest BCUT2D eigenvalue weighted by molar-refractivity contribution is 6.11. The lowest BCUT2D eigenvalue weighted by Gasteiger charge is -2.49. The van der Waals surface area contributed by atoms with Gasteiger partial charge in [0, 0.05) is 36.6 Å². The molecule has 5 heterocycles. The molecule has 2 amide bonds. The molecule has 0 radical (unpaired) electrons. The smallest absolute Gasteiger partial charge is 0.410 e. The van der Waals surface area contributed by atoms with Gasteiger partial charge in [-0.1, -0.05) is 6.07 Å². The third-order valence-electron chi connectivity index (χ3n) is 8.74. The number of methoxy groups -OCH3 is 1. The SMILES string of the molecule is COc1cccc(F)c1-c1nc2c(cc1F)c1c(c(=O)n2-c2c(C)cnn2C(C)C)N(C)C(=O)[C@H]2CN(C(=O)OC(C)(C)C)[C@H](C)CN12. The quantitative estimate of drug-likeness (QED) is 0.292. The Balaban J connectivity index is 1.67. The molecule has 254 valence electrons. The molecule has 0 N–H and O–H groups in total. The van der Waals surface area contributed by atoms with E-state index in [9.17, 15) is 14.4 Å². The standard InChI is InChI=1S/C34H39F2N7O5/c1-17(2)43-30(18(3)14-37-43)42-29-20(13-22(36)26(38-29)25-21(35)11-10-12-24(25)47-9)27-28(32(42)45)39(8)31(44)23-16-40(19(4)15-41(23)27)33(46)48-34(5,6)7/h10-14,17,19,23H,15-16H2,1-9H3/t19-,23-/m1/s1. The summed E-state index contributed by atoms with van der Waals surface area (Å²) >= 11 is 0. The molecule has 6 rings (SSSR count). The Hall–Kier alpha value is -5.01. The molecule has 2 atom stereocenters. The zero-order valence-electron chi connectivity index (χ0n) is 28.5. The molecule has 0 spiro atoms. The van der Waals surface area contributed by atoms with Crippen LogP contribution in [0.15, 0.2) is 35.3 Å².